The van der Waals surface area contributed by atoms with E-state index in [1.54, 1.807) is 12.0 Å². The van der Waals surface area contributed by atoms with Crippen LogP contribution in [-0.4, -0.2) is 47.7 Å². The van der Waals surface area contributed by atoms with Crippen LogP contribution < -0.4 is 4.74 Å². The standard InChI is InChI=1S/C16H22N2O3/c1-3-7-18(8-9-19)15(20)10-12-11-17-13-5-4-6-14(21-2)16(12)13/h4-6,11,17,19H,3,7-10H2,1-2H3. The summed E-state index contributed by atoms with van der Waals surface area (Å²) in [5, 5.41) is 10.0. The third-order valence-electron chi connectivity index (χ3n) is 3.53. The summed E-state index contributed by atoms with van der Waals surface area (Å²) in [6.07, 6.45) is 3.04. The number of aliphatic hydroxyl groups excluding tert-OH is 1. The molecule has 1 aromatic carbocycles. The Balaban J connectivity index is 2.24. The normalized spacial score (nSPS) is 10.8. The molecule has 114 valence electrons. The number of fused-ring (bicyclic) bond motifs is 1. The molecule has 2 aromatic rings. The molecule has 0 aliphatic carbocycles. The Labute approximate surface area is 124 Å². The van der Waals surface area contributed by atoms with Crippen molar-refractivity contribution >= 4 is 16.8 Å². The van der Waals surface area contributed by atoms with E-state index in [-0.39, 0.29) is 12.5 Å². The number of carbonyl (C=O) groups is 1. The summed E-state index contributed by atoms with van der Waals surface area (Å²) in [5.74, 6) is 0.790. The van der Waals surface area contributed by atoms with E-state index in [9.17, 15) is 4.79 Å². The molecule has 0 radical (unpaired) electrons. The summed E-state index contributed by atoms with van der Waals surface area (Å²) in [7, 11) is 1.63. The van der Waals surface area contributed by atoms with Gasteiger partial charge in [0, 0.05) is 30.2 Å². The molecule has 5 heteroatoms. The first kappa shape index (κ1) is 15.4. The lowest BCUT2D eigenvalue weighted by atomic mass is 10.1. The molecule has 0 aliphatic heterocycles. The van der Waals surface area contributed by atoms with E-state index in [2.05, 4.69) is 4.98 Å². The zero-order chi connectivity index (χ0) is 15.2. The number of benzene rings is 1. The molecular formula is C16H22N2O3. The number of nitrogens with zero attached hydrogens (tertiary/aromatic N) is 1. The Kier molecular flexibility index (Phi) is 5.22. The van der Waals surface area contributed by atoms with Crippen molar-refractivity contribution in [3.63, 3.8) is 0 Å². The van der Waals surface area contributed by atoms with Crippen LogP contribution in [0.2, 0.25) is 0 Å². The van der Waals surface area contributed by atoms with Gasteiger partial charge >= 0.3 is 0 Å². The van der Waals surface area contributed by atoms with Crippen molar-refractivity contribution in [2.45, 2.75) is 19.8 Å². The first-order chi connectivity index (χ1) is 10.2. The number of aromatic nitrogens is 1. The molecule has 1 aromatic heterocycles. The molecule has 1 amide bonds. The second-order valence-electron chi connectivity index (χ2n) is 4.98. The predicted octanol–water partition coefficient (Wildman–Crippen LogP) is 1.95. The number of rotatable bonds is 7. The Morgan fingerprint density at radius 3 is 2.86 bits per heavy atom. The third-order valence-corrected chi connectivity index (χ3v) is 3.53. The van der Waals surface area contributed by atoms with Crippen molar-refractivity contribution in [2.75, 3.05) is 26.8 Å². The van der Waals surface area contributed by atoms with Gasteiger partial charge in [-0.1, -0.05) is 13.0 Å². The number of H-pyrrole nitrogens is 1. The van der Waals surface area contributed by atoms with Gasteiger partial charge in [0.05, 0.1) is 20.1 Å². The number of hydrogen-bond donors (Lipinski definition) is 2. The largest absolute Gasteiger partial charge is 0.496 e. The highest BCUT2D eigenvalue weighted by molar-refractivity contribution is 5.93. The van der Waals surface area contributed by atoms with Gasteiger partial charge in [-0.15, -0.1) is 0 Å². The number of methoxy groups -OCH3 is 1. The maximum absolute atomic E-state index is 12.4. The zero-order valence-electron chi connectivity index (χ0n) is 12.6. The number of ether oxygens (including phenoxy) is 1. The quantitative estimate of drug-likeness (QED) is 0.819. The molecule has 0 fully saturated rings. The van der Waals surface area contributed by atoms with Crippen LogP contribution in [0.15, 0.2) is 24.4 Å². The maximum atomic E-state index is 12.4. The highest BCUT2D eigenvalue weighted by Crippen LogP contribution is 2.29. The Morgan fingerprint density at radius 1 is 1.38 bits per heavy atom. The maximum Gasteiger partial charge on any atom is 0.227 e. The topological polar surface area (TPSA) is 65.6 Å². The molecule has 1 heterocycles. The van der Waals surface area contributed by atoms with Crippen molar-refractivity contribution in [3.8, 4) is 5.75 Å². The van der Waals surface area contributed by atoms with Crippen molar-refractivity contribution < 1.29 is 14.6 Å². The molecule has 0 atom stereocenters. The molecule has 0 aliphatic rings. The lowest BCUT2D eigenvalue weighted by Crippen LogP contribution is -2.35. The van der Waals surface area contributed by atoms with Crippen LogP contribution in [0.1, 0.15) is 18.9 Å². The molecule has 0 unspecified atom stereocenters. The van der Waals surface area contributed by atoms with Gasteiger partial charge in [-0.05, 0) is 24.1 Å². The fourth-order valence-corrected chi connectivity index (χ4v) is 2.56. The van der Waals surface area contributed by atoms with E-state index in [0.29, 0.717) is 19.5 Å². The second-order valence-corrected chi connectivity index (χ2v) is 4.98. The van der Waals surface area contributed by atoms with E-state index >= 15 is 0 Å². The zero-order valence-corrected chi connectivity index (χ0v) is 12.6. The SMILES string of the molecule is CCCN(CCO)C(=O)Cc1c[nH]c2cccc(OC)c12. The molecule has 2 N–H and O–H groups in total. The summed E-state index contributed by atoms with van der Waals surface area (Å²) in [6.45, 7) is 3.06. The van der Waals surface area contributed by atoms with Gasteiger partial charge in [0.15, 0.2) is 0 Å². The first-order valence-corrected chi connectivity index (χ1v) is 7.22. The minimum Gasteiger partial charge on any atom is -0.496 e. The Morgan fingerprint density at radius 2 is 2.19 bits per heavy atom. The number of hydrogen-bond acceptors (Lipinski definition) is 3. The van der Waals surface area contributed by atoms with E-state index in [4.69, 9.17) is 9.84 Å². The molecule has 0 saturated heterocycles. The number of aliphatic hydroxyl groups is 1. The molecule has 5 nitrogen and oxygen atoms in total. The van der Waals surface area contributed by atoms with Crippen LogP contribution in [-0.2, 0) is 11.2 Å². The summed E-state index contributed by atoms with van der Waals surface area (Å²) in [4.78, 5) is 17.3. The van der Waals surface area contributed by atoms with Gasteiger partial charge in [0.1, 0.15) is 5.75 Å². The Bertz CT molecular complexity index is 601. The van der Waals surface area contributed by atoms with Gasteiger partial charge in [-0.25, -0.2) is 0 Å². The lowest BCUT2D eigenvalue weighted by Gasteiger charge is -2.21. The molecule has 0 saturated carbocycles. The van der Waals surface area contributed by atoms with Crippen molar-refractivity contribution in [3.05, 3.63) is 30.0 Å². The van der Waals surface area contributed by atoms with Crippen molar-refractivity contribution in [1.82, 2.24) is 9.88 Å². The minimum atomic E-state index is -0.0110. The van der Waals surface area contributed by atoms with E-state index in [0.717, 1.165) is 28.6 Å². The van der Waals surface area contributed by atoms with Gasteiger partial charge in [0.25, 0.3) is 0 Å². The average molecular weight is 290 g/mol. The van der Waals surface area contributed by atoms with Crippen LogP contribution in [0.25, 0.3) is 10.9 Å². The van der Waals surface area contributed by atoms with Crippen molar-refractivity contribution in [2.24, 2.45) is 0 Å². The summed E-state index contributed by atoms with van der Waals surface area (Å²) >= 11 is 0. The van der Waals surface area contributed by atoms with E-state index in [1.165, 1.54) is 0 Å². The number of carbonyl (C=O) groups excluding carboxylic acids is 1. The minimum absolute atomic E-state index is 0.0110. The summed E-state index contributed by atoms with van der Waals surface area (Å²) < 4.78 is 5.38. The van der Waals surface area contributed by atoms with Crippen LogP contribution >= 0.6 is 0 Å². The van der Waals surface area contributed by atoms with Gasteiger partial charge in [-0.3, -0.25) is 4.79 Å². The Hall–Kier alpha value is -2.01. The van der Waals surface area contributed by atoms with Crippen molar-refractivity contribution in [1.29, 1.82) is 0 Å². The number of amides is 1. The van der Waals surface area contributed by atoms with E-state index in [1.807, 2.05) is 31.3 Å². The third kappa shape index (κ3) is 3.36. The molecular weight excluding hydrogens is 268 g/mol. The van der Waals surface area contributed by atoms with E-state index < -0.39 is 0 Å². The fraction of sp³-hybridized carbons (Fsp3) is 0.438. The van der Waals surface area contributed by atoms with Gasteiger partial charge < -0.3 is 19.7 Å². The van der Waals surface area contributed by atoms with Crippen LogP contribution in [0.4, 0.5) is 0 Å². The smallest absolute Gasteiger partial charge is 0.227 e. The number of aromatic amines is 1. The summed E-state index contributed by atoms with van der Waals surface area (Å²) in [6, 6.07) is 5.77. The number of nitrogens with one attached hydrogen (secondary N) is 1. The van der Waals surface area contributed by atoms with Crippen LogP contribution in [0.3, 0.4) is 0 Å². The second kappa shape index (κ2) is 7.13. The lowest BCUT2D eigenvalue weighted by molar-refractivity contribution is -0.131. The fourth-order valence-electron chi connectivity index (χ4n) is 2.56. The van der Waals surface area contributed by atoms with Gasteiger partial charge in [0.2, 0.25) is 5.91 Å². The highest BCUT2D eigenvalue weighted by Gasteiger charge is 2.16. The summed E-state index contributed by atoms with van der Waals surface area (Å²) in [5.41, 5.74) is 1.88. The van der Waals surface area contributed by atoms with Crippen LogP contribution in [0.5, 0.6) is 5.75 Å². The van der Waals surface area contributed by atoms with Crippen LogP contribution in [0, 0.1) is 0 Å². The highest BCUT2D eigenvalue weighted by atomic mass is 16.5. The molecule has 21 heavy (non-hydrogen) atoms. The monoisotopic (exact) mass is 290 g/mol. The average Bonchev–Trinajstić information content (AvgIpc) is 2.90. The molecule has 0 bridgehead atoms. The predicted molar refractivity (Wildman–Crippen MR) is 82.5 cm³/mol. The molecule has 0 spiro atoms. The molecule has 2 rings (SSSR count). The van der Waals surface area contributed by atoms with Gasteiger partial charge in [-0.2, -0.15) is 0 Å². The first-order valence-electron chi connectivity index (χ1n) is 7.22.